The summed E-state index contributed by atoms with van der Waals surface area (Å²) >= 11 is 0. The van der Waals surface area contributed by atoms with Crippen molar-refractivity contribution in [1.29, 1.82) is 0 Å². The number of methoxy groups -OCH3 is 1. The van der Waals surface area contributed by atoms with Crippen LogP contribution >= 0.6 is 12.4 Å². The lowest BCUT2D eigenvalue weighted by atomic mass is 10.1. The van der Waals surface area contributed by atoms with Crippen molar-refractivity contribution in [2.75, 3.05) is 32.1 Å². The van der Waals surface area contributed by atoms with Crippen molar-refractivity contribution in [3.63, 3.8) is 0 Å². The number of carbonyl (C=O) groups is 1. The minimum absolute atomic E-state index is 0. The van der Waals surface area contributed by atoms with Crippen LogP contribution in [0.25, 0.3) is 11.1 Å². The maximum atomic E-state index is 12.9. The van der Waals surface area contributed by atoms with Gasteiger partial charge in [-0.25, -0.2) is 9.97 Å². The number of carbonyl (C=O) groups excluding carboxylic acids is 1. The van der Waals surface area contributed by atoms with Crippen molar-refractivity contribution in [1.82, 2.24) is 19.9 Å². The predicted octanol–water partition coefficient (Wildman–Crippen LogP) is 3.77. The Morgan fingerprint density at radius 1 is 1.09 bits per heavy atom. The van der Waals surface area contributed by atoms with Crippen molar-refractivity contribution < 1.29 is 9.53 Å². The van der Waals surface area contributed by atoms with E-state index in [9.17, 15) is 4.79 Å². The Morgan fingerprint density at radius 2 is 1.78 bits per heavy atom. The molecule has 0 bridgehead atoms. The number of benzene rings is 1. The number of halogens is 1. The zero-order valence-corrected chi connectivity index (χ0v) is 19.2. The molecule has 0 radical (unpaired) electrons. The van der Waals surface area contributed by atoms with Crippen molar-refractivity contribution in [3.05, 3.63) is 66.2 Å². The minimum atomic E-state index is 0. The Kier molecular flexibility index (Phi) is 8.00. The second-order valence-electron chi connectivity index (χ2n) is 7.74. The van der Waals surface area contributed by atoms with Gasteiger partial charge in [-0.3, -0.25) is 9.78 Å². The normalized spacial score (nSPS) is 12.9. The van der Waals surface area contributed by atoms with Crippen LogP contribution in [0.2, 0.25) is 0 Å². The molecule has 32 heavy (non-hydrogen) atoms. The third-order valence-electron chi connectivity index (χ3n) is 5.56. The van der Waals surface area contributed by atoms with Crippen LogP contribution in [0.15, 0.2) is 55.0 Å². The lowest BCUT2D eigenvalue weighted by molar-refractivity contribution is -0.129. The number of hydrogen-bond acceptors (Lipinski definition) is 6. The van der Waals surface area contributed by atoms with Gasteiger partial charge < -0.3 is 14.5 Å². The van der Waals surface area contributed by atoms with E-state index in [4.69, 9.17) is 9.72 Å². The fourth-order valence-corrected chi connectivity index (χ4v) is 3.74. The first kappa shape index (κ1) is 23.5. The molecule has 7 nitrogen and oxygen atoms in total. The summed E-state index contributed by atoms with van der Waals surface area (Å²) < 4.78 is 5.19. The second-order valence-corrected chi connectivity index (χ2v) is 7.74. The van der Waals surface area contributed by atoms with Crippen molar-refractivity contribution >= 4 is 24.3 Å². The highest BCUT2D eigenvalue weighted by Crippen LogP contribution is 2.25. The highest BCUT2D eigenvalue weighted by molar-refractivity contribution is 5.85. The van der Waals surface area contributed by atoms with Gasteiger partial charge >= 0.3 is 0 Å². The van der Waals surface area contributed by atoms with E-state index in [0.717, 1.165) is 60.0 Å². The Hall–Kier alpha value is -3.19. The molecule has 168 valence electrons. The molecule has 1 saturated heterocycles. The predicted molar refractivity (Wildman–Crippen MR) is 127 cm³/mol. The molecule has 8 heteroatoms. The maximum Gasteiger partial charge on any atom is 0.227 e. The van der Waals surface area contributed by atoms with Crippen molar-refractivity contribution in [2.24, 2.45) is 0 Å². The van der Waals surface area contributed by atoms with E-state index in [2.05, 4.69) is 14.9 Å². The van der Waals surface area contributed by atoms with Gasteiger partial charge in [-0.1, -0.05) is 12.1 Å². The molecule has 2 aromatic heterocycles. The fourth-order valence-electron chi connectivity index (χ4n) is 3.74. The molecular formula is C24H28ClN5O2. The van der Waals surface area contributed by atoms with Gasteiger partial charge in [0.2, 0.25) is 11.9 Å². The number of hydrogen-bond donors (Lipinski definition) is 0. The highest BCUT2D eigenvalue weighted by atomic mass is 35.5. The molecule has 1 amide bonds. The molecular weight excluding hydrogens is 426 g/mol. The van der Waals surface area contributed by atoms with Gasteiger partial charge in [0.1, 0.15) is 5.75 Å². The van der Waals surface area contributed by atoms with Gasteiger partial charge in [-0.2, -0.15) is 0 Å². The van der Waals surface area contributed by atoms with Crippen LogP contribution in [0.3, 0.4) is 0 Å². The Bertz CT molecular complexity index is 1020. The maximum absolute atomic E-state index is 12.9. The van der Waals surface area contributed by atoms with Crippen LogP contribution < -0.4 is 9.64 Å². The van der Waals surface area contributed by atoms with E-state index < -0.39 is 0 Å². The SMILES string of the molecule is COc1ccc(CC(=O)N(C)Cc2nc(N3CCCC3)ncc2-c2ccncc2)cc1.Cl. The van der Waals surface area contributed by atoms with Gasteiger partial charge in [0.25, 0.3) is 0 Å². The monoisotopic (exact) mass is 453 g/mol. The second kappa shape index (κ2) is 10.9. The number of aromatic nitrogens is 3. The summed E-state index contributed by atoms with van der Waals surface area (Å²) in [5, 5.41) is 0. The molecule has 1 fully saturated rings. The number of ether oxygens (including phenoxy) is 1. The smallest absolute Gasteiger partial charge is 0.227 e. The Morgan fingerprint density at radius 3 is 2.44 bits per heavy atom. The first-order chi connectivity index (χ1) is 15.1. The van der Waals surface area contributed by atoms with Gasteiger partial charge in [0.15, 0.2) is 0 Å². The first-order valence-electron chi connectivity index (χ1n) is 10.5. The zero-order valence-electron chi connectivity index (χ0n) is 18.4. The number of rotatable bonds is 7. The lowest BCUT2D eigenvalue weighted by Crippen LogP contribution is -2.29. The summed E-state index contributed by atoms with van der Waals surface area (Å²) in [6.45, 7) is 2.36. The first-order valence-corrected chi connectivity index (χ1v) is 10.5. The topological polar surface area (TPSA) is 71.5 Å². The minimum Gasteiger partial charge on any atom is -0.497 e. The lowest BCUT2D eigenvalue weighted by Gasteiger charge is -2.21. The van der Waals surface area contributed by atoms with E-state index in [0.29, 0.717) is 13.0 Å². The van der Waals surface area contributed by atoms with Gasteiger partial charge in [-0.15, -0.1) is 12.4 Å². The summed E-state index contributed by atoms with van der Waals surface area (Å²) in [6, 6.07) is 11.5. The molecule has 0 aliphatic carbocycles. The van der Waals surface area contributed by atoms with E-state index in [-0.39, 0.29) is 18.3 Å². The van der Waals surface area contributed by atoms with E-state index >= 15 is 0 Å². The third-order valence-corrected chi connectivity index (χ3v) is 5.56. The van der Waals surface area contributed by atoms with Crippen LogP contribution in [-0.2, 0) is 17.8 Å². The average molecular weight is 454 g/mol. The molecule has 1 aliphatic heterocycles. The summed E-state index contributed by atoms with van der Waals surface area (Å²) in [5.74, 6) is 1.55. The summed E-state index contributed by atoms with van der Waals surface area (Å²) in [5.41, 5.74) is 3.71. The third kappa shape index (κ3) is 5.53. The average Bonchev–Trinajstić information content (AvgIpc) is 3.35. The molecule has 0 N–H and O–H groups in total. The standard InChI is InChI=1S/C24H27N5O2.ClH/c1-28(23(30)15-18-5-7-20(31-2)8-6-18)17-22-21(19-9-11-25-12-10-19)16-26-24(27-22)29-13-3-4-14-29;/h5-12,16H,3-4,13-15,17H2,1-2H3;1H. The molecule has 3 aromatic rings. The van der Waals surface area contributed by atoms with Crippen LogP contribution in [0.4, 0.5) is 5.95 Å². The van der Waals surface area contributed by atoms with Crippen LogP contribution in [0.5, 0.6) is 5.75 Å². The molecule has 1 aliphatic rings. The molecule has 0 spiro atoms. The zero-order chi connectivity index (χ0) is 21.6. The molecule has 0 unspecified atom stereocenters. The summed E-state index contributed by atoms with van der Waals surface area (Å²) in [4.78, 5) is 30.4. The van der Waals surface area contributed by atoms with E-state index in [1.165, 1.54) is 0 Å². The largest absolute Gasteiger partial charge is 0.497 e. The van der Waals surface area contributed by atoms with Gasteiger partial charge in [0.05, 0.1) is 25.8 Å². The number of amides is 1. The van der Waals surface area contributed by atoms with Crippen LogP contribution in [0, 0.1) is 0 Å². The summed E-state index contributed by atoms with van der Waals surface area (Å²) in [7, 11) is 3.45. The van der Waals surface area contributed by atoms with Crippen molar-refractivity contribution in [2.45, 2.75) is 25.8 Å². The quantitative estimate of drug-likeness (QED) is 0.542. The molecule has 0 saturated carbocycles. The van der Waals surface area contributed by atoms with E-state index in [1.54, 1.807) is 24.4 Å². The highest BCUT2D eigenvalue weighted by Gasteiger charge is 2.19. The van der Waals surface area contributed by atoms with Crippen LogP contribution in [0.1, 0.15) is 24.1 Å². The Labute approximate surface area is 194 Å². The molecule has 3 heterocycles. The molecule has 0 atom stereocenters. The van der Waals surface area contributed by atoms with Gasteiger partial charge in [0, 0.05) is 44.3 Å². The van der Waals surface area contributed by atoms with Crippen LogP contribution in [-0.4, -0.2) is 53.0 Å². The number of nitrogens with zero attached hydrogens (tertiary/aromatic N) is 5. The number of anilines is 1. The summed E-state index contributed by atoms with van der Waals surface area (Å²) in [6.07, 6.45) is 8.02. The fraction of sp³-hybridized carbons (Fsp3) is 0.333. The van der Waals surface area contributed by atoms with Gasteiger partial charge in [-0.05, 0) is 48.2 Å². The van der Waals surface area contributed by atoms with Crippen molar-refractivity contribution in [3.8, 4) is 16.9 Å². The van der Waals surface area contributed by atoms with E-state index in [1.807, 2.05) is 49.6 Å². The molecule has 1 aromatic carbocycles. The Balaban J connectivity index is 0.00000289. The molecule has 4 rings (SSSR count). The number of pyridine rings is 1. The number of likely N-dealkylation sites (N-methyl/N-ethyl adjacent to an activating group) is 1.